The average molecular weight is 431 g/mol. The Morgan fingerprint density at radius 1 is 0.552 bits per heavy atom. The highest BCUT2D eigenvalue weighted by Crippen LogP contribution is 2.44. The van der Waals surface area contributed by atoms with Crippen LogP contribution >= 0.6 is 12.4 Å². The van der Waals surface area contributed by atoms with Crippen molar-refractivity contribution >= 4 is 12.4 Å². The number of unbranched alkanes of at least 4 members (excludes halogenated alkanes) is 15. The Labute approximate surface area is 190 Å². The van der Waals surface area contributed by atoms with Crippen LogP contribution in [0.5, 0.6) is 0 Å². The predicted molar refractivity (Wildman–Crippen MR) is 134 cm³/mol. The van der Waals surface area contributed by atoms with Crippen LogP contribution in [0.1, 0.15) is 135 Å². The van der Waals surface area contributed by atoms with Crippen LogP contribution in [0.4, 0.5) is 0 Å². The van der Waals surface area contributed by atoms with Gasteiger partial charge in [0.15, 0.2) is 0 Å². The summed E-state index contributed by atoms with van der Waals surface area (Å²) < 4.78 is 0. The zero-order chi connectivity index (χ0) is 20.3. The molecule has 2 nitrogen and oxygen atoms in total. The number of rotatable bonds is 17. The standard InChI is InChI=1S/C25H49N.CH5N.ClH/c1-2-3-4-5-6-7-8-9-10-11-12-13-14-15-16-17-18-25-19-22-26(23-20-25)24-21-25;1-2;/h2-24H2,1H3;2H2,1H3;1H. The van der Waals surface area contributed by atoms with E-state index < -0.39 is 0 Å². The lowest BCUT2D eigenvalue weighted by molar-refractivity contribution is 0.0180. The zero-order valence-corrected chi connectivity index (χ0v) is 21.0. The lowest BCUT2D eigenvalue weighted by Gasteiger charge is -2.48. The molecule has 0 radical (unpaired) electrons. The van der Waals surface area contributed by atoms with Crippen molar-refractivity contribution in [3.8, 4) is 0 Å². The van der Waals surface area contributed by atoms with E-state index in [1.54, 1.807) is 6.42 Å². The van der Waals surface area contributed by atoms with Crippen molar-refractivity contribution in [1.29, 1.82) is 0 Å². The summed E-state index contributed by atoms with van der Waals surface area (Å²) in [5, 5.41) is 0. The van der Waals surface area contributed by atoms with Crippen molar-refractivity contribution in [3.63, 3.8) is 0 Å². The van der Waals surface area contributed by atoms with Crippen molar-refractivity contribution in [2.75, 3.05) is 26.7 Å². The van der Waals surface area contributed by atoms with Gasteiger partial charge in [-0.3, -0.25) is 0 Å². The molecule has 0 aromatic heterocycles. The second-order valence-electron chi connectivity index (χ2n) is 9.64. The molecule has 0 aromatic rings. The molecule has 176 valence electrons. The first-order chi connectivity index (χ1) is 13.8. The Morgan fingerprint density at radius 3 is 1.21 bits per heavy atom. The molecular formula is C26H55ClN2. The van der Waals surface area contributed by atoms with E-state index >= 15 is 0 Å². The van der Waals surface area contributed by atoms with Gasteiger partial charge >= 0.3 is 0 Å². The Hall–Kier alpha value is 0.210. The summed E-state index contributed by atoms with van der Waals surface area (Å²) in [4.78, 5) is 2.68. The zero-order valence-electron chi connectivity index (χ0n) is 20.2. The molecule has 0 atom stereocenters. The van der Waals surface area contributed by atoms with E-state index in [1.165, 1.54) is 149 Å². The highest BCUT2D eigenvalue weighted by Gasteiger charge is 2.38. The van der Waals surface area contributed by atoms with E-state index in [-0.39, 0.29) is 12.4 Å². The van der Waals surface area contributed by atoms with Crippen LogP contribution in [-0.4, -0.2) is 31.6 Å². The van der Waals surface area contributed by atoms with Gasteiger partial charge in [0, 0.05) is 0 Å². The highest BCUT2D eigenvalue weighted by molar-refractivity contribution is 5.85. The van der Waals surface area contributed by atoms with Gasteiger partial charge in [-0.25, -0.2) is 0 Å². The Morgan fingerprint density at radius 2 is 0.862 bits per heavy atom. The monoisotopic (exact) mass is 430 g/mol. The third-order valence-corrected chi connectivity index (χ3v) is 7.44. The quantitative estimate of drug-likeness (QED) is 0.236. The lowest BCUT2D eigenvalue weighted by atomic mass is 9.69. The van der Waals surface area contributed by atoms with Crippen LogP contribution in [-0.2, 0) is 0 Å². The third kappa shape index (κ3) is 14.0. The number of fused-ring (bicyclic) bond motifs is 3. The molecule has 2 bridgehead atoms. The Kier molecular flexibility index (Phi) is 20.3. The van der Waals surface area contributed by atoms with Gasteiger partial charge in [0.2, 0.25) is 0 Å². The van der Waals surface area contributed by atoms with E-state index in [1.807, 2.05) is 0 Å². The molecule has 3 heteroatoms. The molecule has 0 aliphatic carbocycles. The third-order valence-electron chi connectivity index (χ3n) is 7.44. The fraction of sp³-hybridized carbons (Fsp3) is 1.00. The second kappa shape index (κ2) is 20.1. The van der Waals surface area contributed by atoms with E-state index in [4.69, 9.17) is 0 Å². The Bertz CT molecular complexity index is 313. The van der Waals surface area contributed by atoms with Crippen LogP contribution in [0.25, 0.3) is 0 Å². The first-order valence-corrected chi connectivity index (χ1v) is 13.1. The van der Waals surface area contributed by atoms with Gasteiger partial charge in [0.25, 0.3) is 0 Å². The molecule has 3 rings (SSSR count). The smallest absolute Gasteiger partial charge is 0.00134 e. The molecule has 0 unspecified atom stereocenters. The average Bonchev–Trinajstić information content (AvgIpc) is 2.76. The molecule has 3 aliphatic heterocycles. The van der Waals surface area contributed by atoms with Gasteiger partial charge in [-0.15, -0.1) is 12.4 Å². The van der Waals surface area contributed by atoms with Crippen LogP contribution in [0.2, 0.25) is 0 Å². The summed E-state index contributed by atoms with van der Waals surface area (Å²) in [6.45, 7) is 6.51. The number of piperidine rings is 3. The fourth-order valence-electron chi connectivity index (χ4n) is 5.32. The van der Waals surface area contributed by atoms with E-state index in [0.717, 1.165) is 5.41 Å². The minimum Gasteiger partial charge on any atom is -0.333 e. The maximum absolute atomic E-state index is 4.50. The van der Waals surface area contributed by atoms with Crippen LogP contribution in [0.15, 0.2) is 0 Å². The van der Waals surface area contributed by atoms with Crippen molar-refractivity contribution in [3.05, 3.63) is 0 Å². The van der Waals surface area contributed by atoms with Crippen molar-refractivity contribution in [2.24, 2.45) is 11.1 Å². The number of hydrogen-bond acceptors (Lipinski definition) is 2. The minimum absolute atomic E-state index is 0. The summed E-state index contributed by atoms with van der Waals surface area (Å²) >= 11 is 0. The first kappa shape index (κ1) is 29.2. The SMILES string of the molecule is CCCCCCCCCCCCCCCCCCC12CCN(CC1)CC2.CN.Cl. The number of nitrogens with zero attached hydrogens (tertiary/aromatic N) is 1. The second-order valence-corrected chi connectivity index (χ2v) is 9.64. The lowest BCUT2D eigenvalue weighted by Crippen LogP contribution is -2.48. The molecule has 0 aromatic carbocycles. The van der Waals surface area contributed by atoms with Gasteiger partial charge in [0.1, 0.15) is 0 Å². The fourth-order valence-corrected chi connectivity index (χ4v) is 5.32. The van der Waals surface area contributed by atoms with E-state index in [2.05, 4.69) is 17.6 Å². The molecule has 0 saturated carbocycles. The maximum Gasteiger partial charge on any atom is -0.00134 e. The van der Waals surface area contributed by atoms with Crippen molar-refractivity contribution in [1.82, 2.24) is 4.90 Å². The summed E-state index contributed by atoms with van der Waals surface area (Å²) in [6.07, 6.45) is 29.8. The largest absolute Gasteiger partial charge is 0.333 e. The number of hydrogen-bond donors (Lipinski definition) is 1. The normalized spacial score (nSPS) is 22.7. The van der Waals surface area contributed by atoms with E-state index in [9.17, 15) is 0 Å². The van der Waals surface area contributed by atoms with Crippen molar-refractivity contribution in [2.45, 2.75) is 135 Å². The summed E-state index contributed by atoms with van der Waals surface area (Å²) in [7, 11) is 1.50. The molecule has 3 heterocycles. The number of nitrogens with two attached hydrogens (primary N) is 1. The minimum atomic E-state index is 0. The molecule has 0 amide bonds. The van der Waals surface area contributed by atoms with Gasteiger partial charge in [0.05, 0.1) is 0 Å². The summed E-state index contributed by atoms with van der Waals surface area (Å²) in [5.74, 6) is 0. The maximum atomic E-state index is 4.50. The Balaban J connectivity index is 0.00000253. The topological polar surface area (TPSA) is 29.3 Å². The molecular weight excluding hydrogens is 376 g/mol. The van der Waals surface area contributed by atoms with Crippen LogP contribution in [0, 0.1) is 5.41 Å². The highest BCUT2D eigenvalue weighted by atomic mass is 35.5. The first-order valence-electron chi connectivity index (χ1n) is 13.1. The molecule has 3 saturated heterocycles. The molecule has 3 aliphatic rings. The van der Waals surface area contributed by atoms with E-state index in [0.29, 0.717) is 0 Å². The summed E-state index contributed by atoms with van der Waals surface area (Å²) in [6, 6.07) is 0. The van der Waals surface area contributed by atoms with Gasteiger partial charge < -0.3 is 10.6 Å². The van der Waals surface area contributed by atoms with Crippen LogP contribution in [0.3, 0.4) is 0 Å². The van der Waals surface area contributed by atoms with Gasteiger partial charge in [-0.2, -0.15) is 0 Å². The van der Waals surface area contributed by atoms with Gasteiger partial charge in [-0.1, -0.05) is 110 Å². The molecule has 2 N–H and O–H groups in total. The number of halogens is 1. The van der Waals surface area contributed by atoms with Crippen molar-refractivity contribution < 1.29 is 0 Å². The predicted octanol–water partition coefficient (Wildman–Crippen LogP) is 8.12. The molecule has 29 heavy (non-hydrogen) atoms. The molecule has 0 spiro atoms. The molecule has 3 fully saturated rings. The van der Waals surface area contributed by atoms with Gasteiger partial charge in [-0.05, 0) is 57.8 Å². The summed E-state index contributed by atoms with van der Waals surface area (Å²) in [5.41, 5.74) is 5.28. The van der Waals surface area contributed by atoms with Crippen LogP contribution < -0.4 is 5.73 Å².